The number of carbonyl (C=O) groups excluding carboxylic acids is 3. The largest absolute Gasteiger partial charge is 0.438 e. The maximum Gasteiger partial charge on any atom is 0.411 e. The summed E-state index contributed by atoms with van der Waals surface area (Å²) in [4.78, 5) is 44.2. The Hall–Kier alpha value is -3.91. The van der Waals surface area contributed by atoms with E-state index in [1.54, 1.807) is 60.8 Å². The molecule has 1 saturated heterocycles. The van der Waals surface area contributed by atoms with Gasteiger partial charge in [-0.2, -0.15) is 0 Å². The van der Waals surface area contributed by atoms with Crippen molar-refractivity contribution in [2.45, 2.75) is 45.0 Å². The molecule has 0 aliphatic carbocycles. The second-order valence-corrected chi connectivity index (χ2v) is 8.91. The van der Waals surface area contributed by atoms with Crippen molar-refractivity contribution in [3.8, 4) is 0 Å². The van der Waals surface area contributed by atoms with E-state index in [-0.39, 0.29) is 24.9 Å². The van der Waals surface area contributed by atoms with E-state index in [0.717, 1.165) is 12.0 Å². The van der Waals surface area contributed by atoms with Crippen molar-refractivity contribution in [3.63, 3.8) is 0 Å². The van der Waals surface area contributed by atoms with Gasteiger partial charge in [0.15, 0.2) is 12.1 Å². The Bertz CT molecular complexity index is 1240. The van der Waals surface area contributed by atoms with Crippen LogP contribution in [0.1, 0.15) is 42.7 Å². The Balaban J connectivity index is 1.61. The van der Waals surface area contributed by atoms with Crippen molar-refractivity contribution >= 4 is 35.2 Å². The lowest BCUT2D eigenvalue weighted by atomic mass is 10.00. The SMILES string of the molecule is CCCC(=O)Nc1cccc(C2OC(=O)N(Cc3cccc(Cl)c3)C2C(=O)NCc2ccccn2)c1. The molecule has 2 heterocycles. The summed E-state index contributed by atoms with van der Waals surface area (Å²) in [5, 5.41) is 6.26. The highest BCUT2D eigenvalue weighted by Crippen LogP contribution is 2.35. The van der Waals surface area contributed by atoms with Crippen LogP contribution in [0.2, 0.25) is 5.02 Å². The zero-order chi connectivity index (χ0) is 25.5. The van der Waals surface area contributed by atoms with Crippen LogP contribution in [0.15, 0.2) is 72.9 Å². The van der Waals surface area contributed by atoms with Crippen LogP contribution in [0.4, 0.5) is 10.5 Å². The van der Waals surface area contributed by atoms with Crippen LogP contribution in [0.5, 0.6) is 0 Å². The van der Waals surface area contributed by atoms with Gasteiger partial charge >= 0.3 is 6.09 Å². The van der Waals surface area contributed by atoms with E-state index < -0.39 is 18.2 Å². The lowest BCUT2D eigenvalue weighted by molar-refractivity contribution is -0.126. The molecule has 0 radical (unpaired) electrons. The first kappa shape index (κ1) is 25.2. The third-order valence-electron chi connectivity index (χ3n) is 5.74. The Kier molecular flexibility index (Phi) is 8.17. The molecule has 0 spiro atoms. The summed E-state index contributed by atoms with van der Waals surface area (Å²) in [5.74, 6) is -0.482. The molecule has 4 rings (SSSR count). The molecule has 36 heavy (non-hydrogen) atoms. The van der Waals surface area contributed by atoms with Gasteiger partial charge in [-0.05, 0) is 53.9 Å². The van der Waals surface area contributed by atoms with Crippen LogP contribution in [0, 0.1) is 0 Å². The van der Waals surface area contributed by atoms with Crippen LogP contribution in [0.25, 0.3) is 0 Å². The normalized spacial score (nSPS) is 16.9. The number of ether oxygens (including phenoxy) is 1. The lowest BCUT2D eigenvalue weighted by Crippen LogP contribution is -2.46. The molecule has 2 N–H and O–H groups in total. The number of rotatable bonds is 9. The summed E-state index contributed by atoms with van der Waals surface area (Å²) < 4.78 is 5.72. The smallest absolute Gasteiger partial charge is 0.411 e. The maximum absolute atomic E-state index is 13.5. The number of anilines is 1. The van der Waals surface area contributed by atoms with Crippen LogP contribution in [0.3, 0.4) is 0 Å². The van der Waals surface area contributed by atoms with Gasteiger partial charge in [-0.1, -0.05) is 48.9 Å². The average Bonchev–Trinajstić information content (AvgIpc) is 3.19. The summed E-state index contributed by atoms with van der Waals surface area (Å²) in [6.07, 6.45) is 1.29. The van der Waals surface area contributed by atoms with Crippen molar-refractivity contribution in [3.05, 3.63) is 94.8 Å². The van der Waals surface area contributed by atoms with Gasteiger partial charge in [0.1, 0.15) is 0 Å². The summed E-state index contributed by atoms with van der Waals surface area (Å²) in [7, 11) is 0. The second-order valence-electron chi connectivity index (χ2n) is 8.47. The maximum atomic E-state index is 13.5. The monoisotopic (exact) mass is 506 g/mol. The van der Waals surface area contributed by atoms with E-state index >= 15 is 0 Å². The van der Waals surface area contributed by atoms with E-state index in [9.17, 15) is 14.4 Å². The molecule has 1 aliphatic heterocycles. The van der Waals surface area contributed by atoms with E-state index in [4.69, 9.17) is 16.3 Å². The molecule has 1 aromatic heterocycles. The topological polar surface area (TPSA) is 101 Å². The molecule has 8 nitrogen and oxygen atoms in total. The van der Waals surface area contributed by atoms with Gasteiger partial charge in [-0.3, -0.25) is 19.5 Å². The number of pyridine rings is 1. The van der Waals surface area contributed by atoms with Gasteiger partial charge in [0.05, 0.1) is 18.8 Å². The number of nitrogens with one attached hydrogen (secondary N) is 2. The quantitative estimate of drug-likeness (QED) is 0.432. The zero-order valence-corrected chi connectivity index (χ0v) is 20.6. The molecule has 2 atom stereocenters. The highest BCUT2D eigenvalue weighted by molar-refractivity contribution is 6.30. The van der Waals surface area contributed by atoms with Crippen molar-refractivity contribution in [2.75, 3.05) is 5.32 Å². The number of hydrogen-bond donors (Lipinski definition) is 2. The van der Waals surface area contributed by atoms with Gasteiger partial charge in [-0.25, -0.2) is 4.79 Å². The number of nitrogens with zero attached hydrogens (tertiary/aromatic N) is 2. The first-order chi connectivity index (χ1) is 17.4. The lowest BCUT2D eigenvalue weighted by Gasteiger charge is -2.24. The van der Waals surface area contributed by atoms with Crippen LogP contribution in [-0.4, -0.2) is 33.8 Å². The average molecular weight is 507 g/mol. The molecule has 9 heteroatoms. The fourth-order valence-corrected chi connectivity index (χ4v) is 4.28. The van der Waals surface area contributed by atoms with E-state index in [2.05, 4.69) is 15.6 Å². The highest BCUT2D eigenvalue weighted by atomic mass is 35.5. The van der Waals surface area contributed by atoms with E-state index in [1.807, 2.05) is 19.1 Å². The summed E-state index contributed by atoms with van der Waals surface area (Å²) in [6, 6.07) is 18.6. The van der Waals surface area contributed by atoms with E-state index in [0.29, 0.717) is 28.4 Å². The Labute approximate surface area is 214 Å². The predicted octanol–water partition coefficient (Wildman–Crippen LogP) is 4.85. The predicted molar refractivity (Wildman–Crippen MR) is 136 cm³/mol. The van der Waals surface area contributed by atoms with Crippen molar-refractivity contribution in [1.82, 2.24) is 15.2 Å². The second kappa shape index (κ2) is 11.7. The minimum absolute atomic E-state index is 0.106. The summed E-state index contributed by atoms with van der Waals surface area (Å²) in [5.41, 5.74) is 2.63. The summed E-state index contributed by atoms with van der Waals surface area (Å²) in [6.45, 7) is 2.27. The number of aromatic nitrogens is 1. The van der Waals surface area contributed by atoms with Crippen LogP contribution >= 0.6 is 11.6 Å². The van der Waals surface area contributed by atoms with Gasteiger partial charge in [0.25, 0.3) is 0 Å². The number of halogens is 1. The molecule has 0 saturated carbocycles. The third-order valence-corrected chi connectivity index (χ3v) is 5.98. The Morgan fingerprint density at radius 1 is 1.08 bits per heavy atom. The third kappa shape index (κ3) is 6.20. The van der Waals surface area contributed by atoms with Crippen LogP contribution in [-0.2, 0) is 27.4 Å². The molecule has 3 amide bonds. The van der Waals surface area contributed by atoms with Gasteiger partial charge < -0.3 is 15.4 Å². The molecule has 2 unspecified atom stereocenters. The van der Waals surface area contributed by atoms with Crippen molar-refractivity contribution in [2.24, 2.45) is 0 Å². The minimum atomic E-state index is -0.943. The number of amides is 3. The molecular formula is C27H27ClN4O4. The number of cyclic esters (lactones) is 1. The molecular weight excluding hydrogens is 480 g/mol. The fraction of sp³-hybridized carbons (Fsp3) is 0.259. The Morgan fingerprint density at radius 3 is 2.67 bits per heavy atom. The van der Waals surface area contributed by atoms with Crippen molar-refractivity contribution in [1.29, 1.82) is 0 Å². The minimum Gasteiger partial charge on any atom is -0.438 e. The van der Waals surface area contributed by atoms with Gasteiger partial charge in [0.2, 0.25) is 11.8 Å². The van der Waals surface area contributed by atoms with E-state index in [1.165, 1.54) is 4.90 Å². The number of carbonyl (C=O) groups is 3. The van der Waals surface area contributed by atoms with Gasteiger partial charge in [0, 0.05) is 23.3 Å². The molecule has 186 valence electrons. The highest BCUT2D eigenvalue weighted by Gasteiger charge is 2.47. The number of hydrogen-bond acceptors (Lipinski definition) is 5. The molecule has 0 bridgehead atoms. The first-order valence-electron chi connectivity index (χ1n) is 11.7. The van der Waals surface area contributed by atoms with Gasteiger partial charge in [-0.15, -0.1) is 0 Å². The molecule has 1 aliphatic rings. The zero-order valence-electron chi connectivity index (χ0n) is 19.8. The standard InChI is InChI=1S/C27H27ClN4O4/c1-2-7-23(33)31-21-12-6-9-19(15-21)25-24(26(34)30-16-22-11-3-4-13-29-22)32(27(35)36-25)17-18-8-5-10-20(28)14-18/h3-6,8-15,24-25H,2,7,16-17H2,1H3,(H,30,34)(H,31,33). The molecule has 1 fully saturated rings. The summed E-state index contributed by atoms with van der Waals surface area (Å²) >= 11 is 6.13. The first-order valence-corrected chi connectivity index (χ1v) is 12.1. The molecule has 2 aromatic carbocycles. The van der Waals surface area contributed by atoms with Crippen LogP contribution < -0.4 is 10.6 Å². The number of benzene rings is 2. The fourth-order valence-electron chi connectivity index (χ4n) is 4.07. The van der Waals surface area contributed by atoms with Crippen molar-refractivity contribution < 1.29 is 19.1 Å². The Morgan fingerprint density at radius 2 is 1.92 bits per heavy atom. The molecule has 3 aromatic rings.